The van der Waals surface area contributed by atoms with Crippen LogP contribution in [0.5, 0.6) is 0 Å². The fourth-order valence-corrected chi connectivity index (χ4v) is 2.95. The number of nitrogens with one attached hydrogen (secondary N) is 2. The van der Waals surface area contributed by atoms with Crippen LogP contribution in [-0.2, 0) is 16.0 Å². The molecule has 4 nitrogen and oxygen atoms in total. The van der Waals surface area contributed by atoms with Crippen molar-refractivity contribution in [2.45, 2.75) is 58.9 Å². The van der Waals surface area contributed by atoms with Gasteiger partial charge in [0.2, 0.25) is 11.8 Å². The highest BCUT2D eigenvalue weighted by Crippen LogP contribution is 2.27. The van der Waals surface area contributed by atoms with Crippen molar-refractivity contribution < 1.29 is 9.59 Å². The molecular weight excluding hydrogens is 288 g/mol. The van der Waals surface area contributed by atoms with E-state index in [1.807, 2.05) is 31.2 Å². The molecular formula is C19H28N2O2. The summed E-state index contributed by atoms with van der Waals surface area (Å²) in [4.78, 5) is 24.2. The molecule has 0 spiro atoms. The molecule has 126 valence electrons. The highest BCUT2D eigenvalue weighted by molar-refractivity contribution is 5.96. The van der Waals surface area contributed by atoms with Crippen molar-refractivity contribution in [1.82, 2.24) is 5.32 Å². The number of amides is 2. The molecule has 1 heterocycles. The lowest BCUT2D eigenvalue weighted by molar-refractivity contribution is -0.123. The molecule has 2 rings (SSSR count). The van der Waals surface area contributed by atoms with E-state index in [4.69, 9.17) is 0 Å². The third kappa shape index (κ3) is 5.38. The third-order valence-corrected chi connectivity index (χ3v) is 4.42. The highest BCUT2D eigenvalue weighted by Gasteiger charge is 2.26. The Balaban J connectivity index is 1.77. The predicted octanol–water partition coefficient (Wildman–Crippen LogP) is 3.52. The van der Waals surface area contributed by atoms with Gasteiger partial charge in [-0.25, -0.2) is 0 Å². The maximum atomic E-state index is 12.1. The Hall–Kier alpha value is -1.84. The predicted molar refractivity (Wildman–Crippen MR) is 93.2 cm³/mol. The quantitative estimate of drug-likeness (QED) is 0.808. The minimum atomic E-state index is -0.110. The van der Waals surface area contributed by atoms with E-state index in [1.165, 1.54) is 0 Å². The average molecular weight is 316 g/mol. The number of hydrogen-bond donors (Lipinski definition) is 2. The summed E-state index contributed by atoms with van der Waals surface area (Å²) in [6, 6.07) is 8.07. The number of carbonyl (C=O) groups is 2. The molecule has 0 aromatic heterocycles. The van der Waals surface area contributed by atoms with Gasteiger partial charge in [-0.15, -0.1) is 0 Å². The van der Waals surface area contributed by atoms with E-state index in [9.17, 15) is 9.59 Å². The van der Waals surface area contributed by atoms with Gasteiger partial charge in [0.25, 0.3) is 0 Å². The third-order valence-electron chi connectivity index (χ3n) is 4.42. The summed E-state index contributed by atoms with van der Waals surface area (Å²) in [5.74, 6) is 0.624. The van der Waals surface area contributed by atoms with Crippen LogP contribution in [0.25, 0.3) is 0 Å². The number of para-hydroxylation sites is 1. The van der Waals surface area contributed by atoms with E-state index in [0.717, 1.165) is 30.5 Å². The number of fused-ring (bicyclic) bond motifs is 1. The number of anilines is 1. The molecule has 1 aromatic carbocycles. The van der Waals surface area contributed by atoms with Gasteiger partial charge in [-0.2, -0.15) is 0 Å². The first-order valence-corrected chi connectivity index (χ1v) is 8.64. The molecule has 2 atom stereocenters. The van der Waals surface area contributed by atoms with Crippen molar-refractivity contribution in [3.63, 3.8) is 0 Å². The second-order valence-corrected chi connectivity index (χ2v) is 7.03. The summed E-state index contributed by atoms with van der Waals surface area (Å²) in [5, 5.41) is 5.97. The van der Waals surface area contributed by atoms with E-state index in [-0.39, 0.29) is 23.8 Å². The average Bonchev–Trinajstić information content (AvgIpc) is 2.51. The smallest absolute Gasteiger partial charge is 0.227 e. The van der Waals surface area contributed by atoms with Crippen molar-refractivity contribution in [3.8, 4) is 0 Å². The van der Waals surface area contributed by atoms with Gasteiger partial charge in [-0.3, -0.25) is 9.59 Å². The van der Waals surface area contributed by atoms with Gasteiger partial charge in [0.05, 0.1) is 0 Å². The maximum Gasteiger partial charge on any atom is 0.227 e. The van der Waals surface area contributed by atoms with E-state index in [1.54, 1.807) is 0 Å². The Morgan fingerprint density at radius 2 is 2.00 bits per heavy atom. The second-order valence-electron chi connectivity index (χ2n) is 7.03. The van der Waals surface area contributed by atoms with E-state index in [2.05, 4.69) is 24.5 Å². The van der Waals surface area contributed by atoms with Crippen molar-refractivity contribution in [2.75, 3.05) is 5.32 Å². The van der Waals surface area contributed by atoms with E-state index in [0.29, 0.717) is 18.8 Å². The van der Waals surface area contributed by atoms with Crippen LogP contribution in [0.3, 0.4) is 0 Å². The van der Waals surface area contributed by atoms with Crippen LogP contribution in [0, 0.1) is 11.8 Å². The minimum Gasteiger partial charge on any atom is -0.354 e. The molecule has 0 saturated carbocycles. The van der Waals surface area contributed by atoms with Crippen LogP contribution in [0.15, 0.2) is 24.3 Å². The van der Waals surface area contributed by atoms with Crippen LogP contribution in [-0.4, -0.2) is 17.9 Å². The van der Waals surface area contributed by atoms with E-state index >= 15 is 0 Å². The van der Waals surface area contributed by atoms with Gasteiger partial charge in [0.15, 0.2) is 0 Å². The largest absolute Gasteiger partial charge is 0.354 e. The molecule has 0 fully saturated rings. The monoisotopic (exact) mass is 316 g/mol. The molecule has 0 bridgehead atoms. The normalized spacial score (nSPS) is 18.3. The zero-order valence-corrected chi connectivity index (χ0v) is 14.4. The number of carbonyl (C=O) groups excluding carboxylic acids is 2. The summed E-state index contributed by atoms with van der Waals surface area (Å²) < 4.78 is 0. The van der Waals surface area contributed by atoms with Gasteiger partial charge in [0, 0.05) is 24.1 Å². The van der Waals surface area contributed by atoms with Crippen LogP contribution in [0.4, 0.5) is 5.69 Å². The van der Waals surface area contributed by atoms with Gasteiger partial charge in [-0.1, -0.05) is 32.0 Å². The van der Waals surface area contributed by atoms with Crippen molar-refractivity contribution in [1.29, 1.82) is 0 Å². The molecule has 2 amide bonds. The first-order chi connectivity index (χ1) is 11.0. The van der Waals surface area contributed by atoms with Crippen LogP contribution in [0.1, 0.15) is 52.0 Å². The number of benzene rings is 1. The molecule has 1 aliphatic rings. The van der Waals surface area contributed by atoms with Crippen LogP contribution in [0.2, 0.25) is 0 Å². The first-order valence-electron chi connectivity index (χ1n) is 8.64. The first kappa shape index (κ1) is 17.5. The van der Waals surface area contributed by atoms with Gasteiger partial charge < -0.3 is 10.6 Å². The molecule has 1 aliphatic heterocycles. The number of hydrogen-bond acceptors (Lipinski definition) is 2. The summed E-state index contributed by atoms with van der Waals surface area (Å²) in [6.07, 6.45) is 3.84. The molecule has 0 radical (unpaired) electrons. The fraction of sp³-hybridized carbons (Fsp3) is 0.579. The Morgan fingerprint density at radius 1 is 1.26 bits per heavy atom. The maximum absolute atomic E-state index is 12.1. The summed E-state index contributed by atoms with van der Waals surface area (Å²) in [6.45, 7) is 6.42. The van der Waals surface area contributed by atoms with Gasteiger partial charge in [0.1, 0.15) is 0 Å². The van der Waals surface area contributed by atoms with Gasteiger partial charge >= 0.3 is 0 Å². The highest BCUT2D eigenvalue weighted by atomic mass is 16.2. The summed E-state index contributed by atoms with van der Waals surface area (Å²) >= 11 is 0. The molecule has 1 aromatic rings. The standard InChI is InChI=1S/C19H28N2O2/c1-13(2)8-9-14(3)20-18(22)11-10-16-12-15-6-4-5-7-17(15)21-19(16)23/h4-7,13-14,16H,8-12H2,1-3H3,(H,20,22)(H,21,23). The molecule has 0 aliphatic carbocycles. The van der Waals surface area contributed by atoms with Gasteiger partial charge in [-0.05, 0) is 50.2 Å². The van der Waals surface area contributed by atoms with Crippen LogP contribution < -0.4 is 10.6 Å². The van der Waals surface area contributed by atoms with Crippen molar-refractivity contribution in [2.24, 2.45) is 11.8 Å². The van der Waals surface area contributed by atoms with Crippen LogP contribution >= 0.6 is 0 Å². The Bertz CT molecular complexity index is 554. The Labute approximate surface area is 139 Å². The Kier molecular flexibility index (Phi) is 6.20. The SMILES string of the molecule is CC(C)CCC(C)NC(=O)CCC1Cc2ccccc2NC1=O. The van der Waals surface area contributed by atoms with E-state index < -0.39 is 0 Å². The molecule has 0 saturated heterocycles. The fourth-order valence-electron chi connectivity index (χ4n) is 2.95. The molecule has 2 N–H and O–H groups in total. The molecule has 23 heavy (non-hydrogen) atoms. The Morgan fingerprint density at radius 3 is 2.74 bits per heavy atom. The zero-order valence-electron chi connectivity index (χ0n) is 14.4. The lowest BCUT2D eigenvalue weighted by Crippen LogP contribution is -2.35. The lowest BCUT2D eigenvalue weighted by atomic mass is 9.89. The summed E-state index contributed by atoms with van der Waals surface area (Å²) in [7, 11) is 0. The molecule has 2 unspecified atom stereocenters. The number of rotatable bonds is 7. The second kappa shape index (κ2) is 8.14. The topological polar surface area (TPSA) is 58.2 Å². The summed E-state index contributed by atoms with van der Waals surface area (Å²) in [5.41, 5.74) is 2.06. The lowest BCUT2D eigenvalue weighted by Gasteiger charge is -2.24. The minimum absolute atomic E-state index is 0.0318. The molecule has 4 heteroatoms. The van der Waals surface area contributed by atoms with Crippen molar-refractivity contribution >= 4 is 17.5 Å². The zero-order chi connectivity index (χ0) is 16.8. The van der Waals surface area contributed by atoms with Crippen molar-refractivity contribution in [3.05, 3.63) is 29.8 Å².